The maximum absolute atomic E-state index is 10.1. The zero-order valence-electron chi connectivity index (χ0n) is 3.96. The van der Waals surface area contributed by atoms with Crippen molar-refractivity contribution in [1.82, 2.24) is 10.6 Å². The average Bonchev–Trinajstić information content (AvgIpc) is 1.85. The fourth-order valence-corrected chi connectivity index (χ4v) is 0.468. The average molecular weight is 118 g/mol. The van der Waals surface area contributed by atoms with E-state index >= 15 is 0 Å². The topological polar surface area (TPSA) is 81.6 Å². The SMILES string of the molecule is O=C1N[C@@H](O)[C@@H](O)N1. The molecule has 0 spiro atoms. The van der Waals surface area contributed by atoms with Gasteiger partial charge >= 0.3 is 6.03 Å². The molecule has 4 N–H and O–H groups in total. The quantitative estimate of drug-likeness (QED) is 0.295. The molecule has 0 aliphatic carbocycles. The van der Waals surface area contributed by atoms with Crippen LogP contribution in [-0.4, -0.2) is 28.7 Å². The predicted octanol–water partition coefficient (Wildman–Crippen LogP) is -2.06. The van der Waals surface area contributed by atoms with E-state index in [1.165, 1.54) is 0 Å². The van der Waals surface area contributed by atoms with Crippen LogP contribution < -0.4 is 10.6 Å². The molecule has 0 bridgehead atoms. The van der Waals surface area contributed by atoms with Crippen LogP contribution in [0.3, 0.4) is 0 Å². The van der Waals surface area contributed by atoms with Crippen LogP contribution in [0.2, 0.25) is 0 Å². The first-order chi connectivity index (χ1) is 3.70. The zero-order chi connectivity index (χ0) is 6.15. The highest BCUT2D eigenvalue weighted by atomic mass is 16.4. The first-order valence-corrected chi connectivity index (χ1v) is 2.13. The third-order valence-electron chi connectivity index (χ3n) is 0.857. The monoisotopic (exact) mass is 118 g/mol. The molecule has 0 radical (unpaired) electrons. The molecule has 1 aliphatic heterocycles. The van der Waals surface area contributed by atoms with Gasteiger partial charge in [0.1, 0.15) is 0 Å². The summed E-state index contributed by atoms with van der Waals surface area (Å²) in [5, 5.41) is 21.1. The van der Waals surface area contributed by atoms with Crippen LogP contribution in [-0.2, 0) is 0 Å². The van der Waals surface area contributed by atoms with Gasteiger partial charge in [-0.1, -0.05) is 0 Å². The Kier molecular flexibility index (Phi) is 1.07. The fourth-order valence-electron chi connectivity index (χ4n) is 0.468. The molecule has 1 rings (SSSR count). The van der Waals surface area contributed by atoms with Gasteiger partial charge < -0.3 is 20.8 Å². The molecule has 1 saturated heterocycles. The number of hydrogen-bond donors (Lipinski definition) is 4. The number of rotatable bonds is 0. The number of amides is 2. The molecule has 1 aliphatic rings. The number of carbonyl (C=O) groups is 1. The van der Waals surface area contributed by atoms with Crippen molar-refractivity contribution < 1.29 is 15.0 Å². The van der Waals surface area contributed by atoms with E-state index in [2.05, 4.69) is 0 Å². The lowest BCUT2D eigenvalue weighted by molar-refractivity contribution is 0.0215. The molecule has 2 amide bonds. The van der Waals surface area contributed by atoms with Crippen molar-refractivity contribution in [3.8, 4) is 0 Å². The Labute approximate surface area is 45.3 Å². The van der Waals surface area contributed by atoms with Gasteiger partial charge in [-0.05, 0) is 0 Å². The Hall–Kier alpha value is -0.810. The minimum absolute atomic E-state index is 0.551. The van der Waals surface area contributed by atoms with E-state index in [0.29, 0.717) is 0 Å². The Morgan fingerprint density at radius 3 is 1.75 bits per heavy atom. The van der Waals surface area contributed by atoms with Crippen molar-refractivity contribution >= 4 is 6.03 Å². The first kappa shape index (κ1) is 5.33. The third-order valence-corrected chi connectivity index (χ3v) is 0.857. The van der Waals surface area contributed by atoms with Crippen LogP contribution in [0.15, 0.2) is 0 Å². The second kappa shape index (κ2) is 1.61. The van der Waals surface area contributed by atoms with Gasteiger partial charge in [0, 0.05) is 0 Å². The summed E-state index contributed by atoms with van der Waals surface area (Å²) in [4.78, 5) is 10.1. The molecule has 0 aromatic rings. The second-order valence-corrected chi connectivity index (χ2v) is 1.51. The molecule has 5 heteroatoms. The number of aliphatic hydroxyl groups excluding tert-OH is 2. The maximum atomic E-state index is 10.1. The summed E-state index contributed by atoms with van der Waals surface area (Å²) in [6.07, 6.45) is -2.33. The third kappa shape index (κ3) is 0.728. The summed E-state index contributed by atoms with van der Waals surface area (Å²) in [5.74, 6) is 0. The highest BCUT2D eigenvalue weighted by Gasteiger charge is 2.26. The van der Waals surface area contributed by atoms with Gasteiger partial charge in [-0.3, -0.25) is 0 Å². The lowest BCUT2D eigenvalue weighted by atomic mass is 10.5. The van der Waals surface area contributed by atoms with Gasteiger partial charge in [-0.25, -0.2) is 4.79 Å². The maximum Gasteiger partial charge on any atom is 0.319 e. The van der Waals surface area contributed by atoms with Crippen LogP contribution in [0.4, 0.5) is 4.79 Å². The van der Waals surface area contributed by atoms with Crippen molar-refractivity contribution in [1.29, 1.82) is 0 Å². The molecule has 0 aromatic carbocycles. The molecular formula is C3H6N2O3. The summed E-state index contributed by atoms with van der Waals surface area (Å²) >= 11 is 0. The summed E-state index contributed by atoms with van der Waals surface area (Å²) in [5.41, 5.74) is 0. The number of aliphatic hydroxyl groups is 2. The highest BCUT2D eigenvalue weighted by molar-refractivity contribution is 5.76. The van der Waals surface area contributed by atoms with Crippen LogP contribution >= 0.6 is 0 Å². The van der Waals surface area contributed by atoms with Crippen LogP contribution in [0.1, 0.15) is 0 Å². The second-order valence-electron chi connectivity index (χ2n) is 1.51. The summed E-state index contributed by atoms with van der Waals surface area (Å²) < 4.78 is 0. The first-order valence-electron chi connectivity index (χ1n) is 2.13. The summed E-state index contributed by atoms with van der Waals surface area (Å²) in [7, 11) is 0. The molecule has 0 unspecified atom stereocenters. The van der Waals surface area contributed by atoms with Crippen molar-refractivity contribution in [2.45, 2.75) is 12.5 Å². The van der Waals surface area contributed by atoms with Gasteiger partial charge in [0.25, 0.3) is 0 Å². The number of nitrogens with one attached hydrogen (secondary N) is 2. The summed E-state index contributed by atoms with van der Waals surface area (Å²) in [6, 6.07) is -0.551. The Bertz CT molecular complexity index is 103. The zero-order valence-corrected chi connectivity index (χ0v) is 3.96. The van der Waals surface area contributed by atoms with Crippen molar-refractivity contribution in [2.75, 3.05) is 0 Å². The Morgan fingerprint density at radius 2 is 1.62 bits per heavy atom. The minimum atomic E-state index is -1.16. The summed E-state index contributed by atoms with van der Waals surface area (Å²) in [6.45, 7) is 0. The molecule has 0 aromatic heterocycles. The van der Waals surface area contributed by atoms with E-state index in [9.17, 15) is 4.79 Å². The predicted molar refractivity (Wildman–Crippen MR) is 23.7 cm³/mol. The molecule has 2 atom stereocenters. The standard InChI is InChI=1S/C3H6N2O3/c6-1-2(7)5-3(8)4-1/h1-2,6-7H,(H2,4,5,8)/t1-,2+. The van der Waals surface area contributed by atoms with E-state index in [-0.39, 0.29) is 0 Å². The molecular weight excluding hydrogens is 112 g/mol. The van der Waals surface area contributed by atoms with Crippen molar-refractivity contribution in [2.24, 2.45) is 0 Å². The Morgan fingerprint density at radius 1 is 1.25 bits per heavy atom. The van der Waals surface area contributed by atoms with E-state index < -0.39 is 18.5 Å². The van der Waals surface area contributed by atoms with E-state index in [0.717, 1.165) is 0 Å². The van der Waals surface area contributed by atoms with Gasteiger partial charge in [-0.15, -0.1) is 0 Å². The minimum Gasteiger partial charge on any atom is -0.369 e. The number of carbonyl (C=O) groups excluding carboxylic acids is 1. The van der Waals surface area contributed by atoms with Crippen molar-refractivity contribution in [3.63, 3.8) is 0 Å². The van der Waals surface area contributed by atoms with Crippen LogP contribution in [0.25, 0.3) is 0 Å². The van der Waals surface area contributed by atoms with Gasteiger partial charge in [0.2, 0.25) is 0 Å². The molecule has 5 nitrogen and oxygen atoms in total. The van der Waals surface area contributed by atoms with Crippen LogP contribution in [0, 0.1) is 0 Å². The smallest absolute Gasteiger partial charge is 0.319 e. The fraction of sp³-hybridized carbons (Fsp3) is 0.667. The number of hydrogen-bond acceptors (Lipinski definition) is 3. The van der Waals surface area contributed by atoms with Gasteiger partial charge in [-0.2, -0.15) is 0 Å². The van der Waals surface area contributed by atoms with Gasteiger partial charge in [0.05, 0.1) is 0 Å². The molecule has 8 heavy (non-hydrogen) atoms. The van der Waals surface area contributed by atoms with E-state index in [4.69, 9.17) is 10.2 Å². The number of urea groups is 1. The van der Waals surface area contributed by atoms with Crippen molar-refractivity contribution in [3.05, 3.63) is 0 Å². The molecule has 46 valence electrons. The van der Waals surface area contributed by atoms with E-state index in [1.807, 2.05) is 10.6 Å². The lowest BCUT2D eigenvalue weighted by Gasteiger charge is -2.02. The highest BCUT2D eigenvalue weighted by Crippen LogP contribution is 1.91. The molecule has 1 fully saturated rings. The van der Waals surface area contributed by atoms with Crippen LogP contribution in [0.5, 0.6) is 0 Å². The Balaban J connectivity index is 2.51. The largest absolute Gasteiger partial charge is 0.369 e. The molecule has 0 saturated carbocycles. The normalized spacial score (nSPS) is 36.5. The van der Waals surface area contributed by atoms with E-state index in [1.54, 1.807) is 0 Å². The van der Waals surface area contributed by atoms with Gasteiger partial charge in [0.15, 0.2) is 12.5 Å². The molecule has 1 heterocycles. The lowest BCUT2D eigenvalue weighted by Crippen LogP contribution is -2.32.